The average Bonchev–Trinajstić information content (AvgIpc) is 2.44. The molecule has 1 amide bonds. The normalized spacial score (nSPS) is 12.0. The molecule has 0 heterocycles. The first-order valence-electron chi connectivity index (χ1n) is 6.14. The number of aliphatic hydroxyl groups excluding tert-OH is 1. The second-order valence-corrected chi connectivity index (χ2v) is 4.36. The molecule has 0 fully saturated rings. The zero-order valence-corrected chi connectivity index (χ0v) is 10.8. The summed E-state index contributed by atoms with van der Waals surface area (Å²) < 4.78 is 39.8. The molecule has 2 aromatic carbocycles. The fraction of sp³-hybridized carbons (Fsp3) is 0.133. The number of rotatable bonds is 4. The number of hydrogen-bond acceptors (Lipinski definition) is 2. The Morgan fingerprint density at radius 1 is 1.10 bits per heavy atom. The number of amides is 1. The van der Waals surface area contributed by atoms with Crippen LogP contribution < -0.4 is 5.32 Å². The van der Waals surface area contributed by atoms with Gasteiger partial charge in [-0.25, -0.2) is 13.2 Å². The number of carbonyl (C=O) groups excluding carboxylic acids is 1. The van der Waals surface area contributed by atoms with Crippen molar-refractivity contribution in [2.45, 2.75) is 6.04 Å². The van der Waals surface area contributed by atoms with Gasteiger partial charge in [0.15, 0.2) is 0 Å². The molecule has 1 atom stereocenters. The zero-order valence-electron chi connectivity index (χ0n) is 10.8. The first-order chi connectivity index (χ1) is 10.0. The molecule has 0 saturated carbocycles. The Morgan fingerprint density at radius 2 is 1.67 bits per heavy atom. The van der Waals surface area contributed by atoms with Crippen LogP contribution in [0.2, 0.25) is 0 Å². The zero-order chi connectivity index (χ0) is 15.4. The van der Waals surface area contributed by atoms with Crippen molar-refractivity contribution < 1.29 is 23.1 Å². The maximum absolute atomic E-state index is 13.5. The minimum absolute atomic E-state index is 0.425. The van der Waals surface area contributed by atoms with E-state index in [1.807, 2.05) is 0 Å². The second kappa shape index (κ2) is 6.41. The van der Waals surface area contributed by atoms with Crippen LogP contribution in [0.1, 0.15) is 22.0 Å². The van der Waals surface area contributed by atoms with Gasteiger partial charge in [-0.05, 0) is 5.56 Å². The average molecular weight is 295 g/mol. The van der Waals surface area contributed by atoms with Crippen molar-refractivity contribution in [3.8, 4) is 0 Å². The topological polar surface area (TPSA) is 49.3 Å². The summed E-state index contributed by atoms with van der Waals surface area (Å²) in [6.07, 6.45) is 0. The lowest BCUT2D eigenvalue weighted by Crippen LogP contribution is -2.32. The van der Waals surface area contributed by atoms with Crippen molar-refractivity contribution in [1.29, 1.82) is 0 Å². The lowest BCUT2D eigenvalue weighted by Gasteiger charge is -2.17. The summed E-state index contributed by atoms with van der Waals surface area (Å²) in [5.74, 6) is -4.76. The molecule has 0 radical (unpaired) electrons. The first-order valence-corrected chi connectivity index (χ1v) is 6.14. The van der Waals surface area contributed by atoms with Crippen molar-refractivity contribution in [2.75, 3.05) is 6.61 Å². The van der Waals surface area contributed by atoms with E-state index in [0.29, 0.717) is 17.7 Å². The predicted molar refractivity (Wildman–Crippen MR) is 70.1 cm³/mol. The van der Waals surface area contributed by atoms with E-state index in [1.165, 1.54) is 0 Å². The lowest BCUT2D eigenvalue weighted by atomic mass is 10.1. The van der Waals surface area contributed by atoms with Crippen LogP contribution >= 0.6 is 0 Å². The van der Waals surface area contributed by atoms with E-state index < -0.39 is 41.6 Å². The van der Waals surface area contributed by atoms with Gasteiger partial charge >= 0.3 is 0 Å². The SMILES string of the molecule is O=C(NC(CO)c1ccccc1)c1c(F)cc(F)cc1F. The largest absolute Gasteiger partial charge is 0.394 e. The van der Waals surface area contributed by atoms with Crippen molar-refractivity contribution in [3.05, 3.63) is 71.0 Å². The Balaban J connectivity index is 2.25. The lowest BCUT2D eigenvalue weighted by molar-refractivity contribution is 0.0907. The van der Waals surface area contributed by atoms with Gasteiger partial charge in [0.2, 0.25) is 0 Å². The summed E-state index contributed by atoms with van der Waals surface area (Å²) >= 11 is 0. The molecule has 6 heteroatoms. The van der Waals surface area contributed by atoms with Gasteiger partial charge in [0.05, 0.1) is 12.6 Å². The molecule has 3 nitrogen and oxygen atoms in total. The third kappa shape index (κ3) is 3.41. The summed E-state index contributed by atoms with van der Waals surface area (Å²) in [5, 5.41) is 11.6. The Labute approximate surface area is 119 Å². The smallest absolute Gasteiger partial charge is 0.257 e. The highest BCUT2D eigenvalue weighted by Crippen LogP contribution is 2.17. The van der Waals surface area contributed by atoms with Crippen molar-refractivity contribution in [2.24, 2.45) is 0 Å². The fourth-order valence-corrected chi connectivity index (χ4v) is 1.91. The molecule has 0 bridgehead atoms. The first kappa shape index (κ1) is 15.1. The minimum atomic E-state index is -1.30. The van der Waals surface area contributed by atoms with Crippen LogP contribution in [0, 0.1) is 17.5 Å². The van der Waals surface area contributed by atoms with E-state index in [-0.39, 0.29) is 0 Å². The summed E-state index contributed by atoms with van der Waals surface area (Å²) in [6.45, 7) is -0.444. The van der Waals surface area contributed by atoms with Gasteiger partial charge in [-0.2, -0.15) is 0 Å². The predicted octanol–water partition coefficient (Wildman–Crippen LogP) is 2.57. The molecule has 0 aliphatic heterocycles. The highest BCUT2D eigenvalue weighted by atomic mass is 19.1. The summed E-state index contributed by atoms with van der Waals surface area (Å²) in [4.78, 5) is 11.9. The number of nitrogens with one attached hydrogen (secondary N) is 1. The number of aliphatic hydroxyl groups is 1. The molecule has 2 N–H and O–H groups in total. The fourth-order valence-electron chi connectivity index (χ4n) is 1.91. The van der Waals surface area contributed by atoms with E-state index in [9.17, 15) is 23.1 Å². The van der Waals surface area contributed by atoms with E-state index in [2.05, 4.69) is 5.32 Å². The monoisotopic (exact) mass is 295 g/mol. The van der Waals surface area contributed by atoms with Crippen LogP contribution in [0.15, 0.2) is 42.5 Å². The van der Waals surface area contributed by atoms with Gasteiger partial charge in [0, 0.05) is 12.1 Å². The van der Waals surface area contributed by atoms with Crippen molar-refractivity contribution in [3.63, 3.8) is 0 Å². The molecule has 0 aliphatic carbocycles. The molecule has 1 unspecified atom stereocenters. The summed E-state index contributed by atoms with van der Waals surface area (Å²) in [6, 6.07) is 8.48. The molecule has 0 aromatic heterocycles. The van der Waals surface area contributed by atoms with Gasteiger partial charge in [0.1, 0.15) is 23.0 Å². The Bertz CT molecular complexity index is 624. The van der Waals surface area contributed by atoms with Gasteiger partial charge in [-0.15, -0.1) is 0 Å². The molecular weight excluding hydrogens is 283 g/mol. The Kier molecular flexibility index (Phi) is 4.59. The van der Waals surface area contributed by atoms with Gasteiger partial charge < -0.3 is 10.4 Å². The van der Waals surface area contributed by atoms with Crippen molar-refractivity contribution >= 4 is 5.91 Å². The van der Waals surface area contributed by atoms with Crippen LogP contribution in [0.3, 0.4) is 0 Å². The van der Waals surface area contributed by atoms with Crippen molar-refractivity contribution in [1.82, 2.24) is 5.32 Å². The highest BCUT2D eigenvalue weighted by molar-refractivity contribution is 5.95. The van der Waals surface area contributed by atoms with Gasteiger partial charge in [-0.1, -0.05) is 30.3 Å². The molecule has 0 saturated heterocycles. The molecule has 0 spiro atoms. The highest BCUT2D eigenvalue weighted by Gasteiger charge is 2.22. The number of halogens is 3. The Morgan fingerprint density at radius 3 is 2.19 bits per heavy atom. The van der Waals surface area contributed by atoms with E-state index in [4.69, 9.17) is 0 Å². The Hall–Kier alpha value is -2.34. The van der Waals surface area contributed by atoms with Gasteiger partial charge in [0.25, 0.3) is 5.91 Å². The maximum atomic E-state index is 13.5. The van der Waals surface area contributed by atoms with Crippen LogP contribution in [-0.4, -0.2) is 17.6 Å². The van der Waals surface area contributed by atoms with Crippen LogP contribution in [-0.2, 0) is 0 Å². The molecule has 110 valence electrons. The van der Waals surface area contributed by atoms with E-state index in [1.54, 1.807) is 30.3 Å². The van der Waals surface area contributed by atoms with Gasteiger partial charge in [-0.3, -0.25) is 4.79 Å². The van der Waals surface area contributed by atoms with Crippen LogP contribution in [0.4, 0.5) is 13.2 Å². The van der Waals surface area contributed by atoms with E-state index in [0.717, 1.165) is 0 Å². The minimum Gasteiger partial charge on any atom is -0.394 e. The van der Waals surface area contributed by atoms with E-state index >= 15 is 0 Å². The van der Waals surface area contributed by atoms with Crippen LogP contribution in [0.5, 0.6) is 0 Å². The third-order valence-electron chi connectivity index (χ3n) is 2.92. The number of carbonyl (C=O) groups is 1. The maximum Gasteiger partial charge on any atom is 0.257 e. The second-order valence-electron chi connectivity index (χ2n) is 4.36. The quantitative estimate of drug-likeness (QED) is 0.911. The summed E-state index contributed by atoms with van der Waals surface area (Å²) in [5.41, 5.74) is -0.304. The van der Waals surface area contributed by atoms with Crippen LogP contribution in [0.25, 0.3) is 0 Å². The molecule has 0 aliphatic rings. The molecule has 2 rings (SSSR count). The molecular formula is C15H12F3NO2. The standard InChI is InChI=1S/C15H12F3NO2/c16-10-6-11(17)14(12(18)7-10)15(21)19-13(8-20)9-4-2-1-3-5-9/h1-7,13,20H,8H2,(H,19,21). The molecule has 21 heavy (non-hydrogen) atoms. The number of hydrogen-bond donors (Lipinski definition) is 2. The third-order valence-corrected chi connectivity index (χ3v) is 2.92. The number of benzene rings is 2. The summed E-state index contributed by atoms with van der Waals surface area (Å²) in [7, 11) is 0. The molecule has 2 aromatic rings.